The van der Waals surface area contributed by atoms with Gasteiger partial charge >= 0.3 is 0 Å². The molecule has 4 nitrogen and oxygen atoms in total. The van der Waals surface area contributed by atoms with Crippen molar-refractivity contribution in [2.24, 2.45) is 0 Å². The van der Waals surface area contributed by atoms with Crippen molar-refractivity contribution in [3.63, 3.8) is 0 Å². The fourth-order valence-electron chi connectivity index (χ4n) is 2.03. The Labute approximate surface area is 103 Å². The maximum absolute atomic E-state index is 12.4. The molecule has 1 saturated heterocycles. The highest BCUT2D eigenvalue weighted by atomic mass is 32.2. The van der Waals surface area contributed by atoms with Gasteiger partial charge in [0.1, 0.15) is 0 Å². The number of hydrogen-bond donors (Lipinski definition) is 1. The summed E-state index contributed by atoms with van der Waals surface area (Å²) in [5.41, 5.74) is 1.07. The molecule has 94 valence electrons. The van der Waals surface area contributed by atoms with Crippen molar-refractivity contribution in [2.45, 2.75) is 24.8 Å². The lowest BCUT2D eigenvalue weighted by Gasteiger charge is -2.32. The number of nitrogens with zero attached hydrogens (tertiary/aromatic N) is 1. The van der Waals surface area contributed by atoms with Gasteiger partial charge in [0.2, 0.25) is 10.0 Å². The summed E-state index contributed by atoms with van der Waals surface area (Å²) in [6.07, 6.45) is 0. The summed E-state index contributed by atoms with van der Waals surface area (Å²) in [6, 6.07) is 7.04. The van der Waals surface area contributed by atoms with Crippen LogP contribution in [0.4, 0.5) is 0 Å². The summed E-state index contributed by atoms with van der Waals surface area (Å²) in [7, 11) is -3.33. The lowest BCUT2D eigenvalue weighted by atomic mass is 10.2. The van der Waals surface area contributed by atoms with E-state index in [2.05, 4.69) is 5.32 Å². The number of benzene rings is 1. The van der Waals surface area contributed by atoms with Crippen LogP contribution in [0.25, 0.3) is 0 Å². The molecule has 1 atom stereocenters. The minimum Gasteiger partial charge on any atom is -0.314 e. The molecule has 1 aliphatic heterocycles. The number of sulfonamides is 1. The van der Waals surface area contributed by atoms with Gasteiger partial charge in [-0.25, -0.2) is 8.42 Å². The fourth-order valence-corrected chi connectivity index (χ4v) is 3.66. The van der Waals surface area contributed by atoms with Gasteiger partial charge in [0, 0.05) is 25.7 Å². The van der Waals surface area contributed by atoms with E-state index in [1.165, 1.54) is 0 Å². The van der Waals surface area contributed by atoms with E-state index in [1.807, 2.05) is 26.0 Å². The molecule has 2 rings (SSSR count). The SMILES string of the molecule is Cc1ccc(S(=O)(=O)N2CCNC[C@H]2C)cc1. The van der Waals surface area contributed by atoms with E-state index in [0.29, 0.717) is 18.0 Å². The van der Waals surface area contributed by atoms with Crippen LogP contribution in [0.1, 0.15) is 12.5 Å². The molecule has 1 aliphatic rings. The summed E-state index contributed by atoms with van der Waals surface area (Å²) in [5, 5.41) is 3.19. The van der Waals surface area contributed by atoms with Crippen molar-refractivity contribution < 1.29 is 8.42 Å². The monoisotopic (exact) mass is 254 g/mol. The van der Waals surface area contributed by atoms with Crippen LogP contribution in [0, 0.1) is 6.92 Å². The Morgan fingerprint density at radius 1 is 1.29 bits per heavy atom. The second-order valence-electron chi connectivity index (χ2n) is 4.48. The van der Waals surface area contributed by atoms with Crippen molar-refractivity contribution in [1.29, 1.82) is 0 Å². The zero-order valence-electron chi connectivity index (χ0n) is 10.2. The first kappa shape index (κ1) is 12.5. The molecule has 1 N–H and O–H groups in total. The Morgan fingerprint density at radius 3 is 2.53 bits per heavy atom. The molecule has 0 aliphatic carbocycles. The number of piperazine rings is 1. The zero-order chi connectivity index (χ0) is 12.5. The van der Waals surface area contributed by atoms with Crippen LogP contribution in [0.5, 0.6) is 0 Å². The summed E-state index contributed by atoms with van der Waals surface area (Å²) in [5.74, 6) is 0. The first-order valence-electron chi connectivity index (χ1n) is 5.81. The summed E-state index contributed by atoms with van der Waals surface area (Å²) >= 11 is 0. The van der Waals surface area contributed by atoms with E-state index in [0.717, 1.165) is 12.1 Å². The smallest absolute Gasteiger partial charge is 0.243 e. The zero-order valence-corrected chi connectivity index (χ0v) is 11.0. The van der Waals surface area contributed by atoms with Gasteiger partial charge in [-0.15, -0.1) is 0 Å². The average molecular weight is 254 g/mol. The minimum atomic E-state index is -3.33. The highest BCUT2D eigenvalue weighted by Gasteiger charge is 2.30. The maximum atomic E-state index is 12.4. The van der Waals surface area contributed by atoms with Gasteiger partial charge in [-0.3, -0.25) is 0 Å². The molecule has 0 spiro atoms. The molecule has 0 amide bonds. The number of hydrogen-bond acceptors (Lipinski definition) is 3. The van der Waals surface area contributed by atoms with Crippen LogP contribution in [0.2, 0.25) is 0 Å². The Bertz CT molecular complexity index is 482. The molecule has 0 unspecified atom stereocenters. The molecule has 0 aromatic heterocycles. The van der Waals surface area contributed by atoms with Crippen LogP contribution >= 0.6 is 0 Å². The van der Waals surface area contributed by atoms with Gasteiger partial charge < -0.3 is 5.32 Å². The van der Waals surface area contributed by atoms with Gasteiger partial charge in [-0.2, -0.15) is 4.31 Å². The van der Waals surface area contributed by atoms with Crippen molar-refractivity contribution >= 4 is 10.0 Å². The van der Waals surface area contributed by atoms with Crippen LogP contribution in [0.15, 0.2) is 29.2 Å². The molecule has 5 heteroatoms. The highest BCUT2D eigenvalue weighted by Crippen LogP contribution is 2.19. The largest absolute Gasteiger partial charge is 0.314 e. The van der Waals surface area contributed by atoms with E-state index in [1.54, 1.807) is 16.4 Å². The molecule has 1 fully saturated rings. The Balaban J connectivity index is 2.32. The molecule has 1 aromatic rings. The summed E-state index contributed by atoms with van der Waals surface area (Å²) in [4.78, 5) is 0.386. The Morgan fingerprint density at radius 2 is 1.94 bits per heavy atom. The summed E-state index contributed by atoms with van der Waals surface area (Å²) < 4.78 is 26.4. The Kier molecular flexibility index (Phi) is 3.51. The van der Waals surface area contributed by atoms with E-state index in [9.17, 15) is 8.42 Å². The third-order valence-electron chi connectivity index (χ3n) is 3.07. The lowest BCUT2D eigenvalue weighted by molar-refractivity contribution is 0.284. The second-order valence-corrected chi connectivity index (χ2v) is 6.37. The van der Waals surface area contributed by atoms with Gasteiger partial charge in [0.25, 0.3) is 0 Å². The third-order valence-corrected chi connectivity index (χ3v) is 5.10. The van der Waals surface area contributed by atoms with Crippen LogP contribution < -0.4 is 5.32 Å². The van der Waals surface area contributed by atoms with Gasteiger partial charge in [0.15, 0.2) is 0 Å². The molecule has 0 radical (unpaired) electrons. The first-order valence-corrected chi connectivity index (χ1v) is 7.25. The Hall–Kier alpha value is -0.910. The van der Waals surface area contributed by atoms with Crippen LogP contribution in [-0.2, 0) is 10.0 Å². The molecule has 0 saturated carbocycles. The highest BCUT2D eigenvalue weighted by molar-refractivity contribution is 7.89. The van der Waals surface area contributed by atoms with Crippen LogP contribution in [-0.4, -0.2) is 38.4 Å². The third kappa shape index (κ3) is 2.51. The molecule has 1 heterocycles. The normalized spacial score (nSPS) is 22.6. The van der Waals surface area contributed by atoms with E-state index in [4.69, 9.17) is 0 Å². The van der Waals surface area contributed by atoms with Gasteiger partial charge in [-0.1, -0.05) is 17.7 Å². The van der Waals surface area contributed by atoms with Crippen molar-refractivity contribution in [3.05, 3.63) is 29.8 Å². The van der Waals surface area contributed by atoms with Gasteiger partial charge in [-0.05, 0) is 26.0 Å². The van der Waals surface area contributed by atoms with Crippen molar-refractivity contribution in [2.75, 3.05) is 19.6 Å². The van der Waals surface area contributed by atoms with Gasteiger partial charge in [0.05, 0.1) is 4.90 Å². The van der Waals surface area contributed by atoms with E-state index in [-0.39, 0.29) is 6.04 Å². The average Bonchev–Trinajstić information content (AvgIpc) is 2.30. The van der Waals surface area contributed by atoms with E-state index >= 15 is 0 Å². The van der Waals surface area contributed by atoms with Crippen molar-refractivity contribution in [1.82, 2.24) is 9.62 Å². The topological polar surface area (TPSA) is 49.4 Å². The number of nitrogens with one attached hydrogen (secondary N) is 1. The molecular formula is C12H18N2O2S. The first-order chi connectivity index (χ1) is 8.01. The predicted molar refractivity (Wildman–Crippen MR) is 67.4 cm³/mol. The van der Waals surface area contributed by atoms with Crippen LogP contribution in [0.3, 0.4) is 0 Å². The lowest BCUT2D eigenvalue weighted by Crippen LogP contribution is -2.52. The second kappa shape index (κ2) is 4.76. The summed E-state index contributed by atoms with van der Waals surface area (Å²) in [6.45, 7) is 5.85. The molecular weight excluding hydrogens is 236 g/mol. The minimum absolute atomic E-state index is 0.00931. The fraction of sp³-hybridized carbons (Fsp3) is 0.500. The quantitative estimate of drug-likeness (QED) is 0.856. The molecule has 17 heavy (non-hydrogen) atoms. The van der Waals surface area contributed by atoms with E-state index < -0.39 is 10.0 Å². The molecule has 1 aromatic carbocycles. The maximum Gasteiger partial charge on any atom is 0.243 e. The number of aryl methyl sites for hydroxylation is 1. The molecule has 0 bridgehead atoms. The predicted octanol–water partition coefficient (Wildman–Crippen LogP) is 0.977. The standard InChI is InChI=1S/C12H18N2O2S/c1-10-3-5-12(6-4-10)17(15,16)14-8-7-13-9-11(14)2/h3-6,11,13H,7-9H2,1-2H3/t11-/m1/s1. The number of rotatable bonds is 2. The van der Waals surface area contributed by atoms with Crippen molar-refractivity contribution in [3.8, 4) is 0 Å².